The van der Waals surface area contributed by atoms with Crippen LogP contribution in [0.5, 0.6) is 0 Å². The monoisotopic (exact) mass is 307 g/mol. The molecule has 2 aliphatic heterocycles. The van der Waals surface area contributed by atoms with Crippen molar-refractivity contribution >= 4 is 16.6 Å². The van der Waals surface area contributed by atoms with E-state index in [1.807, 2.05) is 0 Å². The molecule has 23 heavy (non-hydrogen) atoms. The lowest BCUT2D eigenvalue weighted by Crippen LogP contribution is -2.36. The van der Waals surface area contributed by atoms with E-state index in [2.05, 4.69) is 60.1 Å². The molecule has 1 aromatic carbocycles. The van der Waals surface area contributed by atoms with Crippen LogP contribution in [-0.2, 0) is 6.42 Å². The normalized spacial score (nSPS) is 21.7. The summed E-state index contributed by atoms with van der Waals surface area (Å²) in [6.07, 6.45) is 6.91. The van der Waals surface area contributed by atoms with Crippen molar-refractivity contribution in [3.05, 3.63) is 47.7 Å². The molecule has 1 saturated heterocycles. The lowest BCUT2D eigenvalue weighted by molar-refractivity contribution is 0.271. The van der Waals surface area contributed by atoms with Crippen LogP contribution in [0.1, 0.15) is 24.6 Å². The number of aryl methyl sites for hydroxylation is 1. The van der Waals surface area contributed by atoms with Gasteiger partial charge in [-0.15, -0.1) is 0 Å². The summed E-state index contributed by atoms with van der Waals surface area (Å²) in [7, 11) is 0. The van der Waals surface area contributed by atoms with Gasteiger partial charge < -0.3 is 4.90 Å². The van der Waals surface area contributed by atoms with Crippen molar-refractivity contribution in [1.82, 2.24) is 9.88 Å². The molecule has 0 radical (unpaired) electrons. The van der Waals surface area contributed by atoms with Crippen LogP contribution in [0.4, 0.5) is 5.69 Å². The van der Waals surface area contributed by atoms with Crippen LogP contribution in [0.3, 0.4) is 0 Å². The van der Waals surface area contributed by atoms with Gasteiger partial charge in [-0.3, -0.25) is 9.88 Å². The number of aromatic nitrogens is 1. The lowest BCUT2D eigenvalue weighted by Gasteiger charge is -2.27. The molecule has 2 aliphatic rings. The van der Waals surface area contributed by atoms with Crippen LogP contribution < -0.4 is 4.90 Å². The van der Waals surface area contributed by atoms with Gasteiger partial charge in [0.05, 0.1) is 11.2 Å². The first-order valence-corrected chi connectivity index (χ1v) is 8.80. The van der Waals surface area contributed by atoms with Crippen molar-refractivity contribution < 1.29 is 0 Å². The smallest absolute Gasteiger partial charge is 0.0726 e. The van der Waals surface area contributed by atoms with Crippen molar-refractivity contribution in [2.45, 2.75) is 32.7 Å². The first-order chi connectivity index (χ1) is 11.3. The third-order valence-electron chi connectivity index (χ3n) is 5.37. The summed E-state index contributed by atoms with van der Waals surface area (Å²) in [4.78, 5) is 10.0. The molecule has 1 atom stereocenters. The molecule has 0 amide bonds. The fraction of sp³-hybridized carbons (Fsp3) is 0.450. The summed E-state index contributed by atoms with van der Waals surface area (Å²) >= 11 is 0. The maximum Gasteiger partial charge on any atom is 0.0726 e. The molecular formula is C20H25N3. The second-order valence-corrected chi connectivity index (χ2v) is 6.71. The van der Waals surface area contributed by atoms with Gasteiger partial charge in [-0.25, -0.2) is 0 Å². The Morgan fingerprint density at radius 2 is 1.96 bits per heavy atom. The van der Waals surface area contributed by atoms with Gasteiger partial charge in [0, 0.05) is 43.3 Å². The summed E-state index contributed by atoms with van der Waals surface area (Å²) in [5.41, 5.74) is 5.17. The minimum absolute atomic E-state index is 0.682. The Morgan fingerprint density at radius 1 is 1.17 bits per heavy atom. The van der Waals surface area contributed by atoms with Crippen molar-refractivity contribution in [2.75, 3.05) is 31.1 Å². The number of para-hydroxylation sites is 1. The first-order valence-electron chi connectivity index (χ1n) is 8.80. The van der Waals surface area contributed by atoms with Crippen LogP contribution in [0.15, 0.2) is 36.4 Å². The highest BCUT2D eigenvalue weighted by molar-refractivity contribution is 5.94. The maximum absolute atomic E-state index is 4.83. The van der Waals surface area contributed by atoms with E-state index < -0.39 is 0 Å². The molecule has 3 heteroatoms. The Hall–Kier alpha value is -1.87. The van der Waals surface area contributed by atoms with Gasteiger partial charge in [0.15, 0.2) is 0 Å². The van der Waals surface area contributed by atoms with Gasteiger partial charge in [-0.1, -0.05) is 37.3 Å². The average molecular weight is 307 g/mol. The number of nitrogens with zero attached hydrogens (tertiary/aromatic N) is 3. The van der Waals surface area contributed by atoms with Crippen LogP contribution in [0.2, 0.25) is 0 Å². The predicted octanol–water partition coefficient (Wildman–Crippen LogP) is 3.56. The minimum atomic E-state index is 0.682. The molecule has 3 heterocycles. The zero-order valence-electron chi connectivity index (χ0n) is 14.1. The van der Waals surface area contributed by atoms with Crippen LogP contribution >= 0.6 is 0 Å². The van der Waals surface area contributed by atoms with Crippen LogP contribution in [0, 0.1) is 6.92 Å². The lowest BCUT2D eigenvalue weighted by atomic mass is 10.0. The zero-order valence-corrected chi connectivity index (χ0v) is 14.1. The number of rotatable bonds is 3. The van der Waals surface area contributed by atoms with E-state index in [1.54, 1.807) is 0 Å². The second-order valence-electron chi connectivity index (χ2n) is 6.71. The average Bonchev–Trinajstić information content (AvgIpc) is 3.24. The van der Waals surface area contributed by atoms with E-state index in [1.165, 1.54) is 28.8 Å². The maximum atomic E-state index is 4.83. The van der Waals surface area contributed by atoms with Gasteiger partial charge in [0.25, 0.3) is 0 Å². The van der Waals surface area contributed by atoms with E-state index in [4.69, 9.17) is 4.98 Å². The highest BCUT2D eigenvalue weighted by Gasteiger charge is 2.30. The molecule has 2 aromatic rings. The van der Waals surface area contributed by atoms with Crippen LogP contribution in [-0.4, -0.2) is 42.1 Å². The quantitative estimate of drug-likeness (QED) is 0.808. The SMILES string of the molecule is CCc1c(C)nc2ccccc2c1N1CCC(N2CC=CC2)C1. The highest BCUT2D eigenvalue weighted by atomic mass is 15.3. The Morgan fingerprint density at radius 3 is 2.74 bits per heavy atom. The van der Waals surface area contributed by atoms with E-state index in [9.17, 15) is 0 Å². The second kappa shape index (κ2) is 5.97. The molecular weight excluding hydrogens is 282 g/mol. The summed E-state index contributed by atoms with van der Waals surface area (Å²) in [5, 5.41) is 1.31. The summed E-state index contributed by atoms with van der Waals surface area (Å²) in [5.74, 6) is 0. The third kappa shape index (κ3) is 2.53. The zero-order chi connectivity index (χ0) is 15.8. The molecule has 4 rings (SSSR count). The third-order valence-corrected chi connectivity index (χ3v) is 5.37. The molecule has 1 fully saturated rings. The number of anilines is 1. The molecule has 0 N–H and O–H groups in total. The van der Waals surface area contributed by atoms with E-state index in [0.29, 0.717) is 6.04 Å². The van der Waals surface area contributed by atoms with E-state index in [-0.39, 0.29) is 0 Å². The summed E-state index contributed by atoms with van der Waals surface area (Å²) in [6, 6.07) is 9.29. The van der Waals surface area contributed by atoms with Gasteiger partial charge >= 0.3 is 0 Å². The van der Waals surface area contributed by atoms with Gasteiger partial charge in [-0.2, -0.15) is 0 Å². The van der Waals surface area contributed by atoms with Crippen molar-refractivity contribution in [2.24, 2.45) is 0 Å². The fourth-order valence-electron chi connectivity index (χ4n) is 4.17. The summed E-state index contributed by atoms with van der Waals surface area (Å²) < 4.78 is 0. The Bertz CT molecular complexity index is 742. The highest BCUT2D eigenvalue weighted by Crippen LogP contribution is 2.35. The molecule has 0 saturated carbocycles. The molecule has 0 bridgehead atoms. The number of hydrogen-bond acceptors (Lipinski definition) is 3. The Labute approximate surface area is 138 Å². The summed E-state index contributed by atoms with van der Waals surface area (Å²) in [6.45, 7) is 8.95. The predicted molar refractivity (Wildman–Crippen MR) is 97.2 cm³/mol. The van der Waals surface area contributed by atoms with Crippen molar-refractivity contribution in [3.63, 3.8) is 0 Å². The standard InChI is InChI=1S/C20H25N3/c1-3-17-15(2)21-19-9-5-4-8-18(19)20(17)23-13-10-16(14-23)22-11-6-7-12-22/h4-9,16H,3,10-14H2,1-2H3. The Kier molecular flexibility index (Phi) is 3.82. The fourth-order valence-corrected chi connectivity index (χ4v) is 4.17. The number of fused-ring (bicyclic) bond motifs is 1. The topological polar surface area (TPSA) is 19.4 Å². The van der Waals surface area contributed by atoms with Gasteiger partial charge in [0.1, 0.15) is 0 Å². The number of hydrogen-bond donors (Lipinski definition) is 0. The van der Waals surface area contributed by atoms with Gasteiger partial charge in [0.2, 0.25) is 0 Å². The molecule has 1 unspecified atom stereocenters. The van der Waals surface area contributed by atoms with Crippen molar-refractivity contribution in [1.29, 1.82) is 0 Å². The molecule has 120 valence electrons. The van der Waals surface area contributed by atoms with Crippen molar-refractivity contribution in [3.8, 4) is 0 Å². The number of benzene rings is 1. The molecule has 0 spiro atoms. The minimum Gasteiger partial charge on any atom is -0.369 e. The molecule has 1 aromatic heterocycles. The largest absolute Gasteiger partial charge is 0.369 e. The first kappa shape index (κ1) is 14.7. The molecule has 0 aliphatic carbocycles. The van der Waals surface area contributed by atoms with E-state index in [0.717, 1.165) is 38.1 Å². The number of pyridine rings is 1. The molecule has 3 nitrogen and oxygen atoms in total. The van der Waals surface area contributed by atoms with Crippen LogP contribution in [0.25, 0.3) is 10.9 Å². The van der Waals surface area contributed by atoms with E-state index >= 15 is 0 Å². The Balaban J connectivity index is 1.73. The van der Waals surface area contributed by atoms with Gasteiger partial charge in [-0.05, 0) is 31.4 Å².